The van der Waals surface area contributed by atoms with Crippen molar-refractivity contribution in [2.24, 2.45) is 10.9 Å². The fourth-order valence-electron chi connectivity index (χ4n) is 1.63. The number of oxime groups is 1. The van der Waals surface area contributed by atoms with E-state index in [0.717, 1.165) is 9.47 Å². The Bertz CT molecular complexity index is 652. The van der Waals surface area contributed by atoms with Gasteiger partial charge in [-0.25, -0.2) is 0 Å². The first-order valence-electron chi connectivity index (χ1n) is 5.64. The third kappa shape index (κ3) is 3.00. The molecule has 0 saturated carbocycles. The lowest BCUT2D eigenvalue weighted by Crippen LogP contribution is -2.25. The second-order valence-electron chi connectivity index (χ2n) is 4.00. The first kappa shape index (κ1) is 14.5. The van der Waals surface area contributed by atoms with Crippen LogP contribution >= 0.6 is 27.3 Å². The van der Waals surface area contributed by atoms with Crippen molar-refractivity contribution < 1.29 is 10.0 Å². The van der Waals surface area contributed by atoms with E-state index in [9.17, 15) is 4.79 Å². The molecule has 1 heterocycles. The zero-order chi connectivity index (χ0) is 14.7. The van der Waals surface area contributed by atoms with Gasteiger partial charge in [0.1, 0.15) is 0 Å². The van der Waals surface area contributed by atoms with Crippen LogP contribution in [0.2, 0.25) is 0 Å². The minimum absolute atomic E-state index is 0.0349. The summed E-state index contributed by atoms with van der Waals surface area (Å²) in [5.41, 5.74) is 6.81. The van der Waals surface area contributed by atoms with Crippen LogP contribution in [0.15, 0.2) is 45.3 Å². The van der Waals surface area contributed by atoms with Crippen LogP contribution in [0.25, 0.3) is 0 Å². The second-order valence-corrected chi connectivity index (χ2v) is 6.46. The van der Waals surface area contributed by atoms with E-state index in [4.69, 9.17) is 10.9 Å². The number of hydrogen-bond donors (Lipinski definition) is 2. The Hall–Kier alpha value is -1.86. The maximum atomic E-state index is 12.3. The predicted octanol–water partition coefficient (Wildman–Crippen LogP) is 2.88. The molecule has 1 aromatic heterocycles. The number of nitrogens with zero attached hydrogens (tertiary/aromatic N) is 2. The van der Waals surface area contributed by atoms with Gasteiger partial charge < -0.3 is 15.8 Å². The zero-order valence-corrected chi connectivity index (χ0v) is 13.0. The van der Waals surface area contributed by atoms with Gasteiger partial charge in [-0.2, -0.15) is 0 Å². The Balaban J connectivity index is 2.21. The van der Waals surface area contributed by atoms with Gasteiger partial charge in [0.25, 0.3) is 5.91 Å². The Morgan fingerprint density at radius 3 is 2.45 bits per heavy atom. The van der Waals surface area contributed by atoms with Crippen LogP contribution < -0.4 is 10.6 Å². The molecular formula is C13H12BrN3O2S. The molecule has 0 atom stereocenters. The third-order valence-corrected chi connectivity index (χ3v) is 4.36. The second kappa shape index (κ2) is 6.06. The standard InChI is InChI=1S/C13H12BrN3O2S/c1-17(13(18)10-6-7-11(14)20-10)9-4-2-8(3-5-9)12(15)16-19/h2-7,19H,1H3,(H2,15,16). The molecule has 0 bridgehead atoms. The van der Waals surface area contributed by atoms with Gasteiger partial charge in [-0.3, -0.25) is 4.79 Å². The van der Waals surface area contributed by atoms with Crippen molar-refractivity contribution in [1.82, 2.24) is 0 Å². The molecule has 0 unspecified atom stereocenters. The van der Waals surface area contributed by atoms with Crippen LogP contribution in [0.3, 0.4) is 0 Å². The molecule has 3 N–H and O–H groups in total. The molecule has 5 nitrogen and oxygen atoms in total. The number of benzene rings is 1. The van der Waals surface area contributed by atoms with Gasteiger partial charge in [0, 0.05) is 18.3 Å². The molecule has 7 heteroatoms. The summed E-state index contributed by atoms with van der Waals surface area (Å²) < 4.78 is 0.913. The molecule has 0 saturated heterocycles. The molecular weight excluding hydrogens is 342 g/mol. The predicted molar refractivity (Wildman–Crippen MR) is 83.7 cm³/mol. The average Bonchev–Trinajstić information content (AvgIpc) is 2.91. The number of hydrogen-bond acceptors (Lipinski definition) is 4. The minimum atomic E-state index is -0.0859. The van der Waals surface area contributed by atoms with E-state index in [1.165, 1.54) is 11.3 Å². The molecule has 0 aliphatic rings. The number of rotatable bonds is 3. The van der Waals surface area contributed by atoms with E-state index in [1.54, 1.807) is 42.3 Å². The topological polar surface area (TPSA) is 78.9 Å². The van der Waals surface area contributed by atoms with E-state index < -0.39 is 0 Å². The average molecular weight is 354 g/mol. The quantitative estimate of drug-likeness (QED) is 0.385. The Kier molecular flexibility index (Phi) is 4.41. The molecule has 104 valence electrons. The smallest absolute Gasteiger partial charge is 0.268 e. The van der Waals surface area contributed by atoms with E-state index in [2.05, 4.69) is 21.1 Å². The van der Waals surface area contributed by atoms with E-state index in [0.29, 0.717) is 10.4 Å². The number of halogens is 1. The fourth-order valence-corrected chi connectivity index (χ4v) is 2.99. The van der Waals surface area contributed by atoms with Crippen LogP contribution in [0.4, 0.5) is 5.69 Å². The van der Waals surface area contributed by atoms with E-state index in [-0.39, 0.29) is 11.7 Å². The number of amides is 1. The summed E-state index contributed by atoms with van der Waals surface area (Å²) in [5.74, 6) is -0.0510. The lowest BCUT2D eigenvalue weighted by Gasteiger charge is -2.16. The molecule has 0 fully saturated rings. The summed E-state index contributed by atoms with van der Waals surface area (Å²) in [5, 5.41) is 11.5. The lowest BCUT2D eigenvalue weighted by atomic mass is 10.2. The van der Waals surface area contributed by atoms with Crippen molar-refractivity contribution in [3.63, 3.8) is 0 Å². The number of carbonyl (C=O) groups excluding carboxylic acids is 1. The van der Waals surface area contributed by atoms with Gasteiger partial charge in [0.15, 0.2) is 5.84 Å². The number of anilines is 1. The fraction of sp³-hybridized carbons (Fsp3) is 0.0769. The van der Waals surface area contributed by atoms with E-state index >= 15 is 0 Å². The number of thiophene rings is 1. The van der Waals surface area contributed by atoms with Crippen molar-refractivity contribution >= 4 is 44.7 Å². The Morgan fingerprint density at radius 1 is 1.30 bits per heavy atom. The van der Waals surface area contributed by atoms with Crippen LogP contribution in [0.1, 0.15) is 15.2 Å². The van der Waals surface area contributed by atoms with Crippen molar-refractivity contribution in [2.45, 2.75) is 0 Å². The molecule has 0 radical (unpaired) electrons. The highest BCUT2D eigenvalue weighted by molar-refractivity contribution is 9.11. The largest absolute Gasteiger partial charge is 0.409 e. The summed E-state index contributed by atoms with van der Waals surface area (Å²) in [6, 6.07) is 10.5. The molecule has 0 spiro atoms. The summed E-state index contributed by atoms with van der Waals surface area (Å²) in [6.07, 6.45) is 0. The molecule has 0 aliphatic carbocycles. The van der Waals surface area contributed by atoms with Gasteiger partial charge in [-0.15, -0.1) is 11.3 Å². The third-order valence-electron chi connectivity index (χ3n) is 2.75. The number of carbonyl (C=O) groups is 1. The number of amidine groups is 1. The van der Waals surface area contributed by atoms with Gasteiger partial charge >= 0.3 is 0 Å². The highest BCUT2D eigenvalue weighted by atomic mass is 79.9. The normalized spacial score (nSPS) is 11.4. The summed E-state index contributed by atoms with van der Waals surface area (Å²) in [7, 11) is 1.70. The minimum Gasteiger partial charge on any atom is -0.409 e. The Morgan fingerprint density at radius 2 is 1.95 bits per heavy atom. The molecule has 2 rings (SSSR count). The lowest BCUT2D eigenvalue weighted by molar-refractivity contribution is 0.0997. The van der Waals surface area contributed by atoms with Gasteiger partial charge in [0.05, 0.1) is 8.66 Å². The van der Waals surface area contributed by atoms with Gasteiger partial charge in [0.2, 0.25) is 0 Å². The Labute approximate surface area is 128 Å². The summed E-state index contributed by atoms with van der Waals surface area (Å²) >= 11 is 4.72. The highest BCUT2D eigenvalue weighted by Gasteiger charge is 2.15. The zero-order valence-electron chi connectivity index (χ0n) is 10.6. The van der Waals surface area contributed by atoms with Gasteiger partial charge in [-0.1, -0.05) is 5.16 Å². The van der Waals surface area contributed by atoms with Crippen molar-refractivity contribution in [2.75, 3.05) is 11.9 Å². The first-order valence-corrected chi connectivity index (χ1v) is 7.25. The maximum Gasteiger partial charge on any atom is 0.268 e. The molecule has 1 aromatic carbocycles. The summed E-state index contributed by atoms with van der Waals surface area (Å²) in [4.78, 5) is 14.5. The summed E-state index contributed by atoms with van der Waals surface area (Å²) in [6.45, 7) is 0. The molecule has 0 aliphatic heterocycles. The highest BCUT2D eigenvalue weighted by Crippen LogP contribution is 2.25. The van der Waals surface area contributed by atoms with Crippen molar-refractivity contribution in [3.05, 3.63) is 50.6 Å². The molecule has 20 heavy (non-hydrogen) atoms. The van der Waals surface area contributed by atoms with Crippen molar-refractivity contribution in [1.29, 1.82) is 0 Å². The van der Waals surface area contributed by atoms with E-state index in [1.807, 2.05) is 6.07 Å². The monoisotopic (exact) mass is 353 g/mol. The van der Waals surface area contributed by atoms with Crippen LogP contribution in [0, 0.1) is 0 Å². The van der Waals surface area contributed by atoms with Gasteiger partial charge in [-0.05, 0) is 52.3 Å². The molecule has 2 aromatic rings. The SMILES string of the molecule is CN(C(=O)c1ccc(Br)s1)c1ccc(C(N)=NO)cc1. The van der Waals surface area contributed by atoms with Crippen LogP contribution in [0.5, 0.6) is 0 Å². The maximum absolute atomic E-state index is 12.3. The first-order chi connectivity index (χ1) is 9.52. The number of nitrogens with two attached hydrogens (primary N) is 1. The van der Waals surface area contributed by atoms with Crippen molar-refractivity contribution in [3.8, 4) is 0 Å². The van der Waals surface area contributed by atoms with Crippen LogP contribution in [-0.4, -0.2) is 24.0 Å². The van der Waals surface area contributed by atoms with Crippen LogP contribution in [-0.2, 0) is 0 Å². The molecule has 1 amide bonds.